The molecule has 2 fully saturated rings. The van der Waals surface area contributed by atoms with Crippen molar-refractivity contribution in [2.75, 3.05) is 26.4 Å². The second kappa shape index (κ2) is 8.21. The fourth-order valence-electron chi connectivity index (χ4n) is 5.53. The number of hydrogen-bond acceptors (Lipinski definition) is 5. The van der Waals surface area contributed by atoms with Gasteiger partial charge in [-0.25, -0.2) is 4.99 Å². The summed E-state index contributed by atoms with van der Waals surface area (Å²) in [5, 5.41) is 3.72. The number of amidine groups is 1. The van der Waals surface area contributed by atoms with Gasteiger partial charge in [0, 0.05) is 42.5 Å². The number of ether oxygens (including phenoxy) is 1. The van der Waals surface area contributed by atoms with Crippen LogP contribution >= 0.6 is 0 Å². The molecular formula is C27H30N4O. The van der Waals surface area contributed by atoms with Gasteiger partial charge in [-0.15, -0.1) is 0 Å². The number of nitrogens with zero attached hydrogens (tertiary/aromatic N) is 3. The topological polar surface area (TPSA) is 49.2 Å². The number of aliphatic imine (C=N–C) groups is 2. The number of likely N-dealkylation sites (tertiary alicyclic amines) is 1. The summed E-state index contributed by atoms with van der Waals surface area (Å²) in [5.41, 5.74) is 5.11. The first kappa shape index (κ1) is 19.7. The molecule has 3 aliphatic carbocycles. The second-order valence-electron chi connectivity index (χ2n) is 9.32. The van der Waals surface area contributed by atoms with E-state index in [1.165, 1.54) is 29.0 Å². The van der Waals surface area contributed by atoms with Crippen LogP contribution in [0.1, 0.15) is 18.9 Å². The van der Waals surface area contributed by atoms with Crippen LogP contribution in [0.2, 0.25) is 0 Å². The van der Waals surface area contributed by atoms with Gasteiger partial charge in [0.05, 0.1) is 12.5 Å². The summed E-state index contributed by atoms with van der Waals surface area (Å²) in [5.74, 6) is 4.32. The zero-order chi connectivity index (χ0) is 21.5. The molecule has 4 atom stereocenters. The van der Waals surface area contributed by atoms with Crippen molar-refractivity contribution < 1.29 is 4.74 Å². The Labute approximate surface area is 190 Å². The molecule has 164 valence electrons. The van der Waals surface area contributed by atoms with Crippen molar-refractivity contribution in [3.05, 3.63) is 77.6 Å². The highest BCUT2D eigenvalue weighted by Gasteiger charge is 2.43. The molecule has 1 N–H and O–H groups in total. The number of benzene rings is 1. The fourth-order valence-corrected chi connectivity index (χ4v) is 5.53. The average Bonchev–Trinajstić information content (AvgIpc) is 3.46. The summed E-state index contributed by atoms with van der Waals surface area (Å²) in [6.45, 7) is 5.95. The van der Waals surface area contributed by atoms with Crippen LogP contribution < -0.4 is 10.1 Å². The van der Waals surface area contributed by atoms with Crippen molar-refractivity contribution in [3.8, 4) is 5.75 Å². The summed E-state index contributed by atoms with van der Waals surface area (Å²) in [6, 6.07) is 8.36. The highest BCUT2D eigenvalue weighted by molar-refractivity contribution is 6.10. The van der Waals surface area contributed by atoms with E-state index >= 15 is 0 Å². The quantitative estimate of drug-likeness (QED) is 0.771. The molecule has 2 heterocycles. The van der Waals surface area contributed by atoms with Gasteiger partial charge in [-0.2, -0.15) is 0 Å². The van der Waals surface area contributed by atoms with Crippen LogP contribution in [0.5, 0.6) is 5.75 Å². The summed E-state index contributed by atoms with van der Waals surface area (Å²) in [6.07, 6.45) is 15.0. The summed E-state index contributed by atoms with van der Waals surface area (Å²) in [7, 11) is 0. The average molecular weight is 427 g/mol. The molecule has 1 aromatic rings. The van der Waals surface area contributed by atoms with E-state index in [0.717, 1.165) is 37.1 Å². The van der Waals surface area contributed by atoms with Gasteiger partial charge in [0.1, 0.15) is 18.3 Å². The monoisotopic (exact) mass is 426 g/mol. The molecule has 0 aromatic heterocycles. The molecule has 1 aromatic carbocycles. The second-order valence-corrected chi connectivity index (χ2v) is 9.32. The van der Waals surface area contributed by atoms with E-state index in [1.54, 1.807) is 0 Å². The number of fused-ring (bicyclic) bond motifs is 4. The third kappa shape index (κ3) is 3.75. The lowest BCUT2D eigenvalue weighted by Gasteiger charge is -2.21. The van der Waals surface area contributed by atoms with Crippen molar-refractivity contribution >= 4 is 11.5 Å². The van der Waals surface area contributed by atoms with E-state index in [9.17, 15) is 0 Å². The highest BCUT2D eigenvalue weighted by atomic mass is 16.5. The normalized spacial score (nSPS) is 30.2. The molecule has 6 rings (SSSR count). The zero-order valence-electron chi connectivity index (χ0n) is 18.6. The van der Waals surface area contributed by atoms with Gasteiger partial charge in [0.15, 0.2) is 0 Å². The smallest absolute Gasteiger partial charge is 0.131 e. The minimum absolute atomic E-state index is 0.248. The molecule has 5 aliphatic rings. The van der Waals surface area contributed by atoms with Gasteiger partial charge < -0.3 is 10.1 Å². The van der Waals surface area contributed by atoms with Crippen LogP contribution in [0, 0.1) is 23.7 Å². The van der Waals surface area contributed by atoms with Crippen molar-refractivity contribution in [2.45, 2.75) is 19.9 Å². The van der Waals surface area contributed by atoms with Crippen molar-refractivity contribution in [1.29, 1.82) is 0 Å². The number of allylic oxidation sites excluding steroid dienone is 7. The largest absolute Gasteiger partial charge is 0.494 e. The van der Waals surface area contributed by atoms with Crippen LogP contribution in [0.25, 0.3) is 0 Å². The standard InChI is InChI=1S/C27H30N4O/c1-2-32-26-10-6-4-8-19(26)14-31-15-24-25(16-31)28-17-29-27(24)30-21-11-18-7-3-5-9-22(18)23-13-20(23)12-21/h3-12,20,22-24H,2,13-17H2,1H3,(H,29,30). The molecular weight excluding hydrogens is 396 g/mol. The van der Waals surface area contributed by atoms with Crippen LogP contribution in [0.4, 0.5) is 0 Å². The molecule has 5 nitrogen and oxygen atoms in total. The molecule has 1 saturated carbocycles. The lowest BCUT2D eigenvalue weighted by molar-refractivity contribution is 0.305. The predicted molar refractivity (Wildman–Crippen MR) is 129 cm³/mol. The van der Waals surface area contributed by atoms with Crippen LogP contribution in [-0.4, -0.2) is 42.8 Å². The van der Waals surface area contributed by atoms with Gasteiger partial charge in [0.2, 0.25) is 0 Å². The van der Waals surface area contributed by atoms with Crippen LogP contribution in [0.3, 0.4) is 0 Å². The summed E-state index contributed by atoms with van der Waals surface area (Å²) in [4.78, 5) is 12.0. The van der Waals surface area contributed by atoms with Crippen LogP contribution in [0.15, 0.2) is 82.0 Å². The fraction of sp³-hybridized carbons (Fsp3) is 0.407. The van der Waals surface area contributed by atoms with Gasteiger partial charge in [-0.05, 0) is 42.9 Å². The van der Waals surface area contributed by atoms with E-state index in [4.69, 9.17) is 14.7 Å². The van der Waals surface area contributed by atoms with Gasteiger partial charge in [-0.3, -0.25) is 9.89 Å². The van der Waals surface area contributed by atoms with Crippen molar-refractivity contribution in [1.82, 2.24) is 10.2 Å². The highest BCUT2D eigenvalue weighted by Crippen LogP contribution is 2.51. The first-order valence-electron chi connectivity index (χ1n) is 11.8. The molecule has 32 heavy (non-hydrogen) atoms. The maximum Gasteiger partial charge on any atom is 0.131 e. The van der Waals surface area contributed by atoms with E-state index in [1.807, 2.05) is 13.0 Å². The Balaban J connectivity index is 1.17. The van der Waals surface area contributed by atoms with E-state index < -0.39 is 0 Å². The van der Waals surface area contributed by atoms with Gasteiger partial charge >= 0.3 is 0 Å². The lowest BCUT2D eigenvalue weighted by atomic mass is 9.90. The Morgan fingerprint density at radius 1 is 1.19 bits per heavy atom. The maximum absolute atomic E-state index is 5.84. The Hall–Kier alpha value is -2.92. The van der Waals surface area contributed by atoms with Crippen molar-refractivity contribution in [3.63, 3.8) is 0 Å². The maximum atomic E-state index is 5.84. The Morgan fingerprint density at radius 3 is 3.06 bits per heavy atom. The predicted octanol–water partition coefficient (Wildman–Crippen LogP) is 4.12. The first-order valence-corrected chi connectivity index (χ1v) is 11.8. The Bertz CT molecular complexity index is 1090. The van der Waals surface area contributed by atoms with Gasteiger partial charge in [-0.1, -0.05) is 48.6 Å². The molecule has 0 bridgehead atoms. The van der Waals surface area contributed by atoms with Gasteiger partial charge in [0.25, 0.3) is 0 Å². The van der Waals surface area contributed by atoms with Crippen molar-refractivity contribution in [2.24, 2.45) is 33.7 Å². The van der Waals surface area contributed by atoms with E-state index in [-0.39, 0.29) is 5.92 Å². The number of hydrogen-bond donors (Lipinski definition) is 1. The third-order valence-electron chi connectivity index (χ3n) is 7.18. The lowest BCUT2D eigenvalue weighted by Crippen LogP contribution is -2.37. The minimum atomic E-state index is 0.248. The molecule has 1 saturated heterocycles. The van der Waals surface area contributed by atoms with E-state index in [2.05, 4.69) is 64.9 Å². The zero-order valence-corrected chi connectivity index (χ0v) is 18.6. The SMILES string of the molecule is CCOc1ccccc1CN1CC2=NCN=C(NC3=CC4CC4C4C=CC=CC4=C3)C2C1. The third-order valence-corrected chi connectivity index (χ3v) is 7.18. The van der Waals surface area contributed by atoms with Crippen LogP contribution in [-0.2, 0) is 6.54 Å². The Kier molecular flexibility index (Phi) is 5.07. The molecule has 4 unspecified atom stereocenters. The number of rotatable bonds is 5. The number of nitrogens with one attached hydrogen (secondary N) is 1. The number of para-hydroxylation sites is 1. The minimum Gasteiger partial charge on any atom is -0.494 e. The summed E-state index contributed by atoms with van der Waals surface area (Å²) < 4.78 is 5.84. The molecule has 5 heteroatoms. The first-order chi connectivity index (χ1) is 15.8. The molecule has 0 spiro atoms. The molecule has 0 amide bonds. The molecule has 2 aliphatic heterocycles. The molecule has 0 radical (unpaired) electrons. The summed E-state index contributed by atoms with van der Waals surface area (Å²) >= 11 is 0. The van der Waals surface area contributed by atoms with E-state index in [0.29, 0.717) is 25.1 Å². The Morgan fingerprint density at radius 2 is 2.12 bits per heavy atom.